The average molecular weight is 417 g/mol. The van der Waals surface area contributed by atoms with Crippen molar-refractivity contribution in [1.29, 1.82) is 0 Å². The van der Waals surface area contributed by atoms with E-state index in [0.717, 1.165) is 13.1 Å². The molecular formula is C21H26N3O4S+. The third-order valence-electron chi connectivity index (χ3n) is 5.16. The maximum absolute atomic E-state index is 13.2. The van der Waals surface area contributed by atoms with Gasteiger partial charge in [-0.3, -0.25) is 9.59 Å². The Morgan fingerprint density at radius 1 is 1.00 bits per heavy atom. The lowest BCUT2D eigenvalue weighted by Gasteiger charge is -2.29. The van der Waals surface area contributed by atoms with Crippen molar-refractivity contribution >= 4 is 21.7 Å². The molecule has 1 saturated heterocycles. The Balaban J connectivity index is 1.76. The topological polar surface area (TPSA) is 88.0 Å². The fourth-order valence-corrected chi connectivity index (χ4v) is 5.03. The van der Waals surface area contributed by atoms with Crippen molar-refractivity contribution in [2.45, 2.75) is 10.1 Å². The molecule has 8 heteroatoms. The average Bonchev–Trinajstić information content (AvgIpc) is 2.75. The third-order valence-corrected chi connectivity index (χ3v) is 7.28. The summed E-state index contributed by atoms with van der Waals surface area (Å²) in [4.78, 5) is 27.9. The highest BCUT2D eigenvalue weighted by Gasteiger charge is 2.32. The second-order valence-electron chi connectivity index (χ2n) is 7.22. The number of piperazine rings is 1. The summed E-state index contributed by atoms with van der Waals surface area (Å²) in [6, 6.07) is 16.9. The van der Waals surface area contributed by atoms with Crippen LogP contribution in [0.1, 0.15) is 10.8 Å². The molecule has 7 nitrogen and oxygen atoms in total. The largest absolute Gasteiger partial charge is 0.346 e. The van der Waals surface area contributed by atoms with Gasteiger partial charge in [0, 0.05) is 6.54 Å². The van der Waals surface area contributed by atoms with Gasteiger partial charge in [0.25, 0.3) is 0 Å². The second kappa shape index (κ2) is 9.19. The van der Waals surface area contributed by atoms with Crippen LogP contribution >= 0.6 is 0 Å². The van der Waals surface area contributed by atoms with Gasteiger partial charge in [-0.25, -0.2) is 8.42 Å². The van der Waals surface area contributed by atoms with E-state index in [4.69, 9.17) is 0 Å². The first-order valence-electron chi connectivity index (χ1n) is 9.62. The predicted octanol–water partition coefficient (Wildman–Crippen LogP) is -0.325. The molecule has 154 valence electrons. The van der Waals surface area contributed by atoms with Crippen molar-refractivity contribution < 1.29 is 22.9 Å². The van der Waals surface area contributed by atoms with E-state index >= 15 is 0 Å². The van der Waals surface area contributed by atoms with Crippen LogP contribution < -0.4 is 10.2 Å². The molecule has 3 rings (SSSR count). The van der Waals surface area contributed by atoms with Gasteiger partial charge < -0.3 is 15.1 Å². The fourth-order valence-electron chi connectivity index (χ4n) is 3.34. The van der Waals surface area contributed by atoms with Gasteiger partial charge in [-0.1, -0.05) is 48.5 Å². The number of hydrogen-bond acceptors (Lipinski definition) is 4. The number of hydrogen-bond donors (Lipinski definition) is 2. The first-order chi connectivity index (χ1) is 13.9. The summed E-state index contributed by atoms with van der Waals surface area (Å²) in [6.45, 7) is 2.43. The van der Waals surface area contributed by atoms with Gasteiger partial charge in [-0.05, 0) is 17.7 Å². The summed E-state index contributed by atoms with van der Waals surface area (Å²) in [5.41, 5.74) is 0.562. The normalized spacial score (nSPS) is 16.2. The summed E-state index contributed by atoms with van der Waals surface area (Å²) >= 11 is 0. The molecule has 0 aromatic heterocycles. The maximum Gasteiger partial charge on any atom is 0.312 e. The number of carbonyl (C=O) groups is 2. The predicted molar refractivity (Wildman–Crippen MR) is 109 cm³/mol. The van der Waals surface area contributed by atoms with Crippen LogP contribution in [0.3, 0.4) is 0 Å². The van der Waals surface area contributed by atoms with Crippen LogP contribution in [0.25, 0.3) is 0 Å². The molecule has 1 heterocycles. The Bertz CT molecular complexity index is 940. The van der Waals surface area contributed by atoms with E-state index in [2.05, 4.69) is 5.32 Å². The lowest BCUT2D eigenvalue weighted by molar-refractivity contribution is -0.883. The molecule has 1 aliphatic rings. The molecule has 2 aromatic rings. The summed E-state index contributed by atoms with van der Waals surface area (Å²) < 4.78 is 26.4. The molecule has 2 N–H and O–H groups in total. The molecule has 0 saturated carbocycles. The van der Waals surface area contributed by atoms with E-state index < -0.39 is 26.9 Å². The van der Waals surface area contributed by atoms with Crippen LogP contribution in [-0.4, -0.2) is 64.9 Å². The molecule has 1 aliphatic heterocycles. The number of rotatable bonds is 5. The molecular weight excluding hydrogens is 390 g/mol. The van der Waals surface area contributed by atoms with Crippen LogP contribution in [-0.2, 0) is 19.4 Å². The van der Waals surface area contributed by atoms with Gasteiger partial charge in [0.05, 0.1) is 38.1 Å². The monoisotopic (exact) mass is 416 g/mol. The number of quaternary nitrogens is 1. The zero-order valence-corrected chi connectivity index (χ0v) is 17.2. The smallest absolute Gasteiger partial charge is 0.312 e. The van der Waals surface area contributed by atoms with Crippen molar-refractivity contribution in [3.63, 3.8) is 0 Å². The lowest BCUT2D eigenvalue weighted by Crippen LogP contribution is -3.12. The molecule has 29 heavy (non-hydrogen) atoms. The number of nitrogens with zero attached hydrogens (tertiary/aromatic N) is 1. The first-order valence-corrected chi connectivity index (χ1v) is 11.2. The minimum atomic E-state index is -3.75. The number of benzene rings is 2. The van der Waals surface area contributed by atoms with Gasteiger partial charge >= 0.3 is 11.8 Å². The highest BCUT2D eigenvalue weighted by atomic mass is 32.2. The van der Waals surface area contributed by atoms with Crippen LogP contribution in [0.5, 0.6) is 0 Å². The number of sulfone groups is 1. The van der Waals surface area contributed by atoms with Crippen LogP contribution in [0.2, 0.25) is 0 Å². The highest BCUT2D eigenvalue weighted by molar-refractivity contribution is 7.91. The van der Waals surface area contributed by atoms with Gasteiger partial charge in [-0.15, -0.1) is 0 Å². The lowest BCUT2D eigenvalue weighted by atomic mass is 10.1. The summed E-state index contributed by atoms with van der Waals surface area (Å²) in [6.07, 6.45) is 0. The van der Waals surface area contributed by atoms with Gasteiger partial charge in [-0.2, -0.15) is 0 Å². The third kappa shape index (κ3) is 5.02. The zero-order chi connectivity index (χ0) is 20.9. The molecule has 2 amide bonds. The van der Waals surface area contributed by atoms with Gasteiger partial charge in [0.2, 0.25) is 0 Å². The molecule has 0 radical (unpaired) electrons. The van der Waals surface area contributed by atoms with E-state index in [0.29, 0.717) is 18.7 Å². The summed E-state index contributed by atoms with van der Waals surface area (Å²) in [5.74, 6) is -1.38. The molecule has 0 aliphatic carbocycles. The Morgan fingerprint density at radius 2 is 1.55 bits per heavy atom. The minimum absolute atomic E-state index is 0.176. The SMILES string of the molecule is C[NH+]1CCN(C(=O)C(=O)NC[C@@H](c2ccccc2)S(=O)(=O)c2ccccc2)CC1. The maximum atomic E-state index is 13.2. The van der Waals surface area contributed by atoms with Crippen molar-refractivity contribution in [3.05, 3.63) is 66.2 Å². The zero-order valence-electron chi connectivity index (χ0n) is 16.4. The van der Waals surface area contributed by atoms with E-state index in [1.807, 2.05) is 7.05 Å². The van der Waals surface area contributed by atoms with Crippen molar-refractivity contribution in [2.24, 2.45) is 0 Å². The summed E-state index contributed by atoms with van der Waals surface area (Å²) in [7, 11) is -1.71. The van der Waals surface area contributed by atoms with Crippen molar-refractivity contribution in [2.75, 3.05) is 39.8 Å². The second-order valence-corrected chi connectivity index (χ2v) is 9.35. The van der Waals surface area contributed by atoms with Gasteiger partial charge in [0.15, 0.2) is 9.84 Å². The van der Waals surface area contributed by atoms with Crippen LogP contribution in [0, 0.1) is 0 Å². The number of nitrogens with one attached hydrogen (secondary N) is 2. The molecule has 0 bridgehead atoms. The summed E-state index contributed by atoms with van der Waals surface area (Å²) in [5, 5.41) is 1.56. The Kier molecular flexibility index (Phi) is 6.66. The van der Waals surface area contributed by atoms with E-state index in [1.165, 1.54) is 21.9 Å². The van der Waals surface area contributed by atoms with E-state index in [1.54, 1.807) is 48.5 Å². The molecule has 0 unspecified atom stereocenters. The van der Waals surface area contributed by atoms with Crippen LogP contribution in [0.4, 0.5) is 0 Å². The molecule has 1 atom stereocenters. The van der Waals surface area contributed by atoms with Crippen molar-refractivity contribution in [3.8, 4) is 0 Å². The standard InChI is InChI=1S/C21H25N3O4S/c1-23-12-14-24(15-13-23)21(26)20(25)22-16-19(17-8-4-2-5-9-17)29(27,28)18-10-6-3-7-11-18/h2-11,19H,12-16H2,1H3,(H,22,25)/p+1/t19-/m0/s1. The molecule has 2 aromatic carbocycles. The highest BCUT2D eigenvalue weighted by Crippen LogP contribution is 2.28. The first kappa shape index (κ1) is 21.0. The molecule has 1 fully saturated rings. The quantitative estimate of drug-likeness (QED) is 0.654. The number of carbonyl (C=O) groups excluding carboxylic acids is 2. The number of amides is 2. The Labute approximate surface area is 171 Å². The minimum Gasteiger partial charge on any atom is -0.346 e. The van der Waals surface area contributed by atoms with Gasteiger partial charge in [0.1, 0.15) is 5.25 Å². The van der Waals surface area contributed by atoms with E-state index in [9.17, 15) is 18.0 Å². The Hall–Kier alpha value is -2.71. The van der Waals surface area contributed by atoms with E-state index in [-0.39, 0.29) is 11.4 Å². The fraction of sp³-hybridized carbons (Fsp3) is 0.333. The van der Waals surface area contributed by atoms with Crippen molar-refractivity contribution in [1.82, 2.24) is 10.2 Å². The number of likely N-dealkylation sites (N-methyl/N-ethyl adjacent to an activating group) is 1. The Morgan fingerprint density at radius 3 is 2.14 bits per heavy atom. The van der Waals surface area contributed by atoms with Crippen LogP contribution in [0.15, 0.2) is 65.6 Å². The molecule has 0 spiro atoms.